The van der Waals surface area contributed by atoms with E-state index in [-0.39, 0.29) is 0 Å². The summed E-state index contributed by atoms with van der Waals surface area (Å²) >= 11 is 0. The van der Waals surface area contributed by atoms with Crippen LogP contribution < -0.4 is 15.8 Å². The highest BCUT2D eigenvalue weighted by molar-refractivity contribution is 5.62. The molecule has 1 aromatic carbocycles. The zero-order valence-corrected chi connectivity index (χ0v) is 7.71. The summed E-state index contributed by atoms with van der Waals surface area (Å²) in [6.45, 7) is 0.665. The largest absolute Gasteiger partial charge is 0.496 e. The third-order valence-electron chi connectivity index (χ3n) is 2.45. The second kappa shape index (κ2) is 3.26. The highest BCUT2D eigenvalue weighted by Crippen LogP contribution is 2.32. The zero-order chi connectivity index (χ0) is 9.26. The summed E-state index contributed by atoms with van der Waals surface area (Å²) in [5.74, 6) is 0.959. The molecule has 1 atom stereocenters. The Morgan fingerprint density at radius 1 is 1.62 bits per heavy atom. The molecule has 0 amide bonds. The van der Waals surface area contributed by atoms with Crippen LogP contribution in [0.25, 0.3) is 0 Å². The van der Waals surface area contributed by atoms with E-state index in [1.54, 1.807) is 7.11 Å². The van der Waals surface area contributed by atoms with Crippen molar-refractivity contribution in [3.05, 3.63) is 23.8 Å². The van der Waals surface area contributed by atoms with Crippen molar-refractivity contribution in [1.82, 2.24) is 0 Å². The van der Waals surface area contributed by atoms with Crippen LogP contribution in [-0.4, -0.2) is 19.7 Å². The SMILES string of the molecule is COc1cccc2c1CC(CN)N2. The molecule has 1 unspecified atom stereocenters. The van der Waals surface area contributed by atoms with Gasteiger partial charge in [0.05, 0.1) is 7.11 Å². The molecule has 0 saturated heterocycles. The van der Waals surface area contributed by atoms with Crippen molar-refractivity contribution in [3.63, 3.8) is 0 Å². The van der Waals surface area contributed by atoms with Gasteiger partial charge in [-0.1, -0.05) is 6.07 Å². The molecule has 3 nitrogen and oxygen atoms in total. The molecular formula is C10H14N2O. The van der Waals surface area contributed by atoms with Gasteiger partial charge >= 0.3 is 0 Å². The van der Waals surface area contributed by atoms with Gasteiger partial charge in [0.2, 0.25) is 0 Å². The molecule has 1 aromatic rings. The molecule has 13 heavy (non-hydrogen) atoms. The van der Waals surface area contributed by atoms with Crippen LogP contribution in [-0.2, 0) is 6.42 Å². The molecule has 1 aliphatic rings. The molecule has 0 spiro atoms. The van der Waals surface area contributed by atoms with Crippen LogP contribution in [0.5, 0.6) is 5.75 Å². The van der Waals surface area contributed by atoms with Crippen molar-refractivity contribution in [3.8, 4) is 5.75 Å². The lowest BCUT2D eigenvalue weighted by Crippen LogP contribution is -2.25. The maximum atomic E-state index is 5.60. The van der Waals surface area contributed by atoms with Crippen LogP contribution in [0.3, 0.4) is 0 Å². The van der Waals surface area contributed by atoms with Gasteiger partial charge in [-0.2, -0.15) is 0 Å². The van der Waals surface area contributed by atoms with Crippen LogP contribution in [0.1, 0.15) is 5.56 Å². The van der Waals surface area contributed by atoms with E-state index in [0.29, 0.717) is 12.6 Å². The number of benzene rings is 1. The molecule has 0 aliphatic carbocycles. The standard InChI is InChI=1S/C10H14N2O/c1-13-10-4-2-3-9-8(10)5-7(6-11)12-9/h2-4,7,12H,5-6,11H2,1H3. The average molecular weight is 178 g/mol. The lowest BCUT2D eigenvalue weighted by atomic mass is 10.1. The second-order valence-corrected chi connectivity index (χ2v) is 3.27. The Labute approximate surface area is 77.9 Å². The first-order chi connectivity index (χ1) is 6.35. The van der Waals surface area contributed by atoms with E-state index in [1.807, 2.05) is 12.1 Å². The van der Waals surface area contributed by atoms with E-state index in [2.05, 4.69) is 11.4 Å². The van der Waals surface area contributed by atoms with Crippen LogP contribution in [0.4, 0.5) is 5.69 Å². The predicted molar refractivity (Wildman–Crippen MR) is 53.2 cm³/mol. The molecule has 0 radical (unpaired) electrons. The summed E-state index contributed by atoms with van der Waals surface area (Å²) in [6, 6.07) is 6.41. The van der Waals surface area contributed by atoms with Gasteiger partial charge in [0.25, 0.3) is 0 Å². The topological polar surface area (TPSA) is 47.3 Å². The quantitative estimate of drug-likeness (QED) is 0.710. The van der Waals surface area contributed by atoms with Gasteiger partial charge < -0.3 is 15.8 Å². The Bertz CT molecular complexity index is 312. The minimum atomic E-state index is 0.367. The Morgan fingerprint density at radius 3 is 3.15 bits per heavy atom. The molecule has 1 aliphatic heterocycles. The first kappa shape index (κ1) is 8.38. The number of methoxy groups -OCH3 is 1. The van der Waals surface area contributed by atoms with Crippen molar-refractivity contribution in [2.24, 2.45) is 5.73 Å². The fourth-order valence-corrected chi connectivity index (χ4v) is 1.76. The van der Waals surface area contributed by atoms with Gasteiger partial charge in [-0.3, -0.25) is 0 Å². The van der Waals surface area contributed by atoms with Gasteiger partial charge in [-0.25, -0.2) is 0 Å². The van der Waals surface area contributed by atoms with Crippen molar-refractivity contribution in [2.45, 2.75) is 12.5 Å². The fourth-order valence-electron chi connectivity index (χ4n) is 1.76. The van der Waals surface area contributed by atoms with Gasteiger partial charge in [-0.15, -0.1) is 0 Å². The van der Waals surface area contributed by atoms with E-state index in [1.165, 1.54) is 5.56 Å². The minimum absolute atomic E-state index is 0.367. The molecule has 0 saturated carbocycles. The van der Waals surface area contributed by atoms with E-state index < -0.39 is 0 Å². The maximum Gasteiger partial charge on any atom is 0.124 e. The number of ether oxygens (including phenoxy) is 1. The van der Waals surface area contributed by atoms with Gasteiger partial charge in [0, 0.05) is 23.8 Å². The monoisotopic (exact) mass is 178 g/mol. The highest BCUT2D eigenvalue weighted by Gasteiger charge is 2.21. The van der Waals surface area contributed by atoms with Gasteiger partial charge in [0.15, 0.2) is 0 Å². The van der Waals surface area contributed by atoms with Crippen LogP contribution >= 0.6 is 0 Å². The van der Waals surface area contributed by atoms with Crippen LogP contribution in [0.2, 0.25) is 0 Å². The maximum absolute atomic E-state index is 5.60. The summed E-state index contributed by atoms with van der Waals surface area (Å²) < 4.78 is 5.27. The summed E-state index contributed by atoms with van der Waals surface area (Å²) in [7, 11) is 1.70. The van der Waals surface area contributed by atoms with Crippen LogP contribution in [0.15, 0.2) is 18.2 Å². The average Bonchev–Trinajstić information content (AvgIpc) is 2.59. The Morgan fingerprint density at radius 2 is 2.46 bits per heavy atom. The first-order valence-corrected chi connectivity index (χ1v) is 4.47. The van der Waals surface area contributed by atoms with Crippen molar-refractivity contribution >= 4 is 5.69 Å². The van der Waals surface area contributed by atoms with Gasteiger partial charge in [-0.05, 0) is 18.6 Å². The molecule has 3 N–H and O–H groups in total. The lowest BCUT2D eigenvalue weighted by Gasteiger charge is -2.05. The molecule has 1 heterocycles. The molecule has 2 rings (SSSR count). The number of nitrogens with one attached hydrogen (secondary N) is 1. The van der Waals surface area contributed by atoms with Crippen molar-refractivity contribution in [1.29, 1.82) is 0 Å². The number of nitrogens with two attached hydrogens (primary N) is 1. The van der Waals surface area contributed by atoms with E-state index >= 15 is 0 Å². The van der Waals surface area contributed by atoms with Crippen molar-refractivity contribution in [2.75, 3.05) is 19.0 Å². The normalized spacial score (nSPS) is 19.4. The van der Waals surface area contributed by atoms with E-state index in [9.17, 15) is 0 Å². The molecule has 0 fully saturated rings. The zero-order valence-electron chi connectivity index (χ0n) is 7.71. The molecular weight excluding hydrogens is 164 g/mol. The predicted octanol–water partition coefficient (Wildman–Crippen LogP) is 0.990. The summed E-state index contributed by atoms with van der Waals surface area (Å²) in [5.41, 5.74) is 8.01. The van der Waals surface area contributed by atoms with Crippen molar-refractivity contribution < 1.29 is 4.74 Å². The van der Waals surface area contributed by atoms with E-state index in [0.717, 1.165) is 17.9 Å². The Hall–Kier alpha value is -1.22. The summed E-state index contributed by atoms with van der Waals surface area (Å²) in [4.78, 5) is 0. The third-order valence-corrected chi connectivity index (χ3v) is 2.45. The number of hydrogen-bond donors (Lipinski definition) is 2. The van der Waals surface area contributed by atoms with Crippen LogP contribution in [0, 0.1) is 0 Å². The number of fused-ring (bicyclic) bond motifs is 1. The number of hydrogen-bond acceptors (Lipinski definition) is 3. The fraction of sp³-hybridized carbons (Fsp3) is 0.400. The molecule has 3 heteroatoms. The third kappa shape index (κ3) is 1.35. The molecule has 0 aromatic heterocycles. The number of rotatable bonds is 2. The highest BCUT2D eigenvalue weighted by atomic mass is 16.5. The summed E-state index contributed by atoms with van der Waals surface area (Å²) in [5, 5.41) is 3.35. The summed E-state index contributed by atoms with van der Waals surface area (Å²) in [6.07, 6.45) is 0.968. The molecule has 0 bridgehead atoms. The Kier molecular flexibility index (Phi) is 2.10. The van der Waals surface area contributed by atoms with Gasteiger partial charge in [0.1, 0.15) is 5.75 Å². The van der Waals surface area contributed by atoms with E-state index in [4.69, 9.17) is 10.5 Å². The first-order valence-electron chi connectivity index (χ1n) is 4.47. The second-order valence-electron chi connectivity index (χ2n) is 3.27. The lowest BCUT2D eigenvalue weighted by molar-refractivity contribution is 0.410. The minimum Gasteiger partial charge on any atom is -0.496 e. The number of anilines is 1. The Balaban J connectivity index is 2.33. The smallest absolute Gasteiger partial charge is 0.124 e. The molecule has 70 valence electrons.